The van der Waals surface area contributed by atoms with Gasteiger partial charge in [0.2, 0.25) is 0 Å². The van der Waals surface area contributed by atoms with Crippen LogP contribution in [0.1, 0.15) is 6.23 Å². The molecule has 0 saturated carbocycles. The summed E-state index contributed by atoms with van der Waals surface area (Å²) in [6, 6.07) is -1.07. The van der Waals surface area contributed by atoms with Crippen LogP contribution < -0.4 is 11.5 Å². The number of hydrogen-bond donors (Lipinski definition) is 6. The van der Waals surface area contributed by atoms with Crippen molar-refractivity contribution in [1.82, 2.24) is 19.5 Å². The molecule has 1 aliphatic heterocycles. The van der Waals surface area contributed by atoms with Crippen molar-refractivity contribution in [3.8, 4) is 0 Å². The predicted molar refractivity (Wildman–Crippen MR) is 99.4 cm³/mol. The summed E-state index contributed by atoms with van der Waals surface area (Å²) in [7, 11) is -4.84. The first-order valence-electron chi connectivity index (χ1n) is 8.16. The van der Waals surface area contributed by atoms with E-state index >= 15 is 0 Å². The number of phosphoric acid groups is 1. The van der Waals surface area contributed by atoms with Crippen molar-refractivity contribution in [2.24, 2.45) is 5.73 Å². The minimum Gasteiger partial charge on any atom is -0.455 e. The van der Waals surface area contributed by atoms with E-state index in [2.05, 4.69) is 32.1 Å². The number of aliphatic hydroxyl groups excluding tert-OH is 1. The number of anilines is 1. The van der Waals surface area contributed by atoms with Gasteiger partial charge in [-0.3, -0.25) is 13.9 Å². The zero-order valence-corrected chi connectivity index (χ0v) is 16.5. The second kappa shape index (κ2) is 8.49. The van der Waals surface area contributed by atoms with Crippen LogP contribution in [0, 0.1) is 0 Å². The van der Waals surface area contributed by atoms with E-state index < -0.39 is 51.0 Å². The maximum atomic E-state index is 12.1. The van der Waals surface area contributed by atoms with Crippen LogP contribution in [0.2, 0.25) is 0 Å². The molecule has 14 nitrogen and oxygen atoms in total. The summed E-state index contributed by atoms with van der Waals surface area (Å²) in [5.74, 6) is -0.792. The van der Waals surface area contributed by atoms with E-state index in [0.29, 0.717) is 0 Å². The van der Waals surface area contributed by atoms with E-state index in [1.54, 1.807) is 0 Å². The number of carbonyl (C=O) groups excluding carboxylic acids is 1. The highest BCUT2D eigenvalue weighted by Crippen LogP contribution is 2.39. The minimum absolute atomic E-state index is 0.0159. The first-order chi connectivity index (χ1) is 13.6. The average Bonchev–Trinajstić information content (AvgIpc) is 3.21. The Labute approximate surface area is 168 Å². The molecule has 16 heteroatoms. The van der Waals surface area contributed by atoms with Gasteiger partial charge in [-0.1, -0.05) is 0 Å². The molecule has 1 aliphatic rings. The number of nitrogens with two attached hydrogens (primary N) is 2. The molecule has 0 radical (unpaired) electrons. The Hall–Kier alpha value is -1.84. The van der Waals surface area contributed by atoms with E-state index in [9.17, 15) is 14.5 Å². The lowest BCUT2D eigenvalue weighted by Crippen LogP contribution is -2.43. The molecule has 5 atom stereocenters. The third-order valence-corrected chi connectivity index (χ3v) is 5.01. The molecule has 3 heterocycles. The Morgan fingerprint density at radius 3 is 2.79 bits per heavy atom. The molecule has 3 rings (SSSR count). The lowest BCUT2D eigenvalue weighted by atomic mass is 10.1. The summed E-state index contributed by atoms with van der Waals surface area (Å²) in [5.41, 5.74) is 11.8. The first-order valence-corrected chi connectivity index (χ1v) is 10.3. The number of carbonyl (C=O) groups is 1. The highest BCUT2D eigenvalue weighted by atomic mass is 32.1. The summed E-state index contributed by atoms with van der Waals surface area (Å²) in [4.78, 5) is 41.9. The standard InChI is InChI=1S/C13H19N6O8PS/c14-5(2-29)13(21)27-9-6(1-25-28(22,23)24)26-12(8(9)20)19-4-18-7-10(15)16-3-17-11(7)19/h3-6,8-9,12,20,29H,1-2,14H2,(H2,15,16,17)(H2,22,23,24). The van der Waals surface area contributed by atoms with E-state index in [1.165, 1.54) is 17.2 Å². The zero-order chi connectivity index (χ0) is 21.3. The first kappa shape index (κ1) is 21.9. The van der Waals surface area contributed by atoms with Gasteiger partial charge >= 0.3 is 13.8 Å². The normalized spacial score (nSPS) is 26.0. The lowest BCUT2D eigenvalue weighted by Gasteiger charge is -2.22. The van der Waals surface area contributed by atoms with Crippen LogP contribution in [0.3, 0.4) is 0 Å². The molecule has 5 unspecified atom stereocenters. The topological polar surface area (TPSA) is 218 Å². The Morgan fingerprint density at radius 1 is 1.41 bits per heavy atom. The average molecular weight is 450 g/mol. The Kier molecular flexibility index (Phi) is 6.40. The van der Waals surface area contributed by atoms with E-state index in [4.69, 9.17) is 30.7 Å². The van der Waals surface area contributed by atoms with Gasteiger partial charge in [0, 0.05) is 5.75 Å². The number of aromatic nitrogens is 4. The van der Waals surface area contributed by atoms with E-state index in [-0.39, 0.29) is 22.7 Å². The summed E-state index contributed by atoms with van der Waals surface area (Å²) in [5, 5.41) is 10.7. The summed E-state index contributed by atoms with van der Waals surface area (Å²) in [6.45, 7) is -0.671. The van der Waals surface area contributed by atoms with Crippen LogP contribution >= 0.6 is 20.5 Å². The van der Waals surface area contributed by atoms with Crippen molar-refractivity contribution in [3.05, 3.63) is 12.7 Å². The molecule has 0 amide bonds. The molecule has 0 bridgehead atoms. The van der Waals surface area contributed by atoms with Gasteiger partial charge in [-0.2, -0.15) is 12.6 Å². The fourth-order valence-corrected chi connectivity index (χ4v) is 3.24. The lowest BCUT2D eigenvalue weighted by molar-refractivity contribution is -0.157. The van der Waals surface area contributed by atoms with Crippen molar-refractivity contribution in [1.29, 1.82) is 0 Å². The molecular formula is C13H19N6O8PS. The Bertz CT molecular complexity index is 939. The molecule has 29 heavy (non-hydrogen) atoms. The maximum Gasteiger partial charge on any atom is 0.469 e. The molecular weight excluding hydrogens is 431 g/mol. The fraction of sp³-hybridized carbons (Fsp3) is 0.538. The number of fused-ring (bicyclic) bond motifs is 1. The number of thiol groups is 1. The van der Waals surface area contributed by atoms with Gasteiger partial charge in [-0.25, -0.2) is 19.5 Å². The van der Waals surface area contributed by atoms with Gasteiger partial charge in [0.15, 0.2) is 23.8 Å². The minimum atomic E-state index is -4.84. The monoisotopic (exact) mass is 450 g/mol. The van der Waals surface area contributed by atoms with E-state index in [1.807, 2.05) is 0 Å². The quantitative estimate of drug-likeness (QED) is 0.152. The number of imidazole rings is 1. The van der Waals surface area contributed by atoms with E-state index in [0.717, 1.165) is 0 Å². The van der Waals surface area contributed by atoms with Crippen LogP contribution in [0.15, 0.2) is 12.7 Å². The molecule has 2 aromatic rings. The highest BCUT2D eigenvalue weighted by Gasteiger charge is 2.48. The molecule has 160 valence electrons. The van der Waals surface area contributed by atoms with Crippen molar-refractivity contribution in [3.63, 3.8) is 0 Å². The fourth-order valence-electron chi connectivity index (χ4n) is 2.75. The third-order valence-electron chi connectivity index (χ3n) is 4.13. The number of hydrogen-bond acceptors (Lipinski definition) is 12. The van der Waals surface area contributed by atoms with Crippen LogP contribution in [0.25, 0.3) is 11.2 Å². The smallest absolute Gasteiger partial charge is 0.455 e. The van der Waals surface area contributed by atoms with Gasteiger partial charge in [-0.15, -0.1) is 0 Å². The molecule has 0 aliphatic carbocycles. The van der Waals surface area contributed by atoms with Crippen molar-refractivity contribution in [2.75, 3.05) is 18.1 Å². The largest absolute Gasteiger partial charge is 0.469 e. The SMILES string of the molecule is Nc1ncnc2c1ncn2C1OC(COP(=O)(O)O)C(OC(=O)C(N)CS)C1O. The second-order valence-electron chi connectivity index (χ2n) is 6.12. The number of aliphatic hydroxyl groups is 1. The predicted octanol–water partition coefficient (Wildman–Crippen LogP) is -2.05. The number of nitrogens with zero attached hydrogens (tertiary/aromatic N) is 4. The summed E-state index contributed by atoms with van der Waals surface area (Å²) >= 11 is 3.91. The third kappa shape index (κ3) is 4.67. The number of nitrogen functional groups attached to an aromatic ring is 1. The molecule has 1 fully saturated rings. The molecule has 0 aromatic carbocycles. The van der Waals surface area contributed by atoms with Crippen LogP contribution in [0.5, 0.6) is 0 Å². The maximum absolute atomic E-state index is 12.1. The zero-order valence-electron chi connectivity index (χ0n) is 14.7. The van der Waals surface area contributed by atoms with Crippen LogP contribution in [0.4, 0.5) is 5.82 Å². The number of ether oxygens (including phenoxy) is 2. The summed E-state index contributed by atoms with van der Waals surface area (Å²) in [6.07, 6.45) is -2.74. The van der Waals surface area contributed by atoms with Gasteiger partial charge in [-0.05, 0) is 0 Å². The Balaban J connectivity index is 1.89. The molecule has 2 aromatic heterocycles. The van der Waals surface area contributed by atoms with Crippen molar-refractivity contribution >= 4 is 43.4 Å². The number of phosphoric ester groups is 1. The second-order valence-corrected chi connectivity index (χ2v) is 7.72. The van der Waals surface area contributed by atoms with Crippen LogP contribution in [-0.2, 0) is 23.4 Å². The van der Waals surface area contributed by atoms with Gasteiger partial charge in [0.05, 0.1) is 12.9 Å². The highest BCUT2D eigenvalue weighted by molar-refractivity contribution is 7.80. The van der Waals surface area contributed by atoms with Crippen LogP contribution in [-0.4, -0.2) is 77.1 Å². The number of esters is 1. The molecule has 1 saturated heterocycles. The summed E-state index contributed by atoms with van der Waals surface area (Å²) < 4.78 is 27.7. The van der Waals surface area contributed by atoms with Crippen molar-refractivity contribution in [2.45, 2.75) is 30.6 Å². The van der Waals surface area contributed by atoms with Gasteiger partial charge in [0.1, 0.15) is 30.1 Å². The molecule has 0 spiro atoms. The number of rotatable bonds is 7. The van der Waals surface area contributed by atoms with Crippen molar-refractivity contribution < 1.29 is 38.3 Å². The van der Waals surface area contributed by atoms with Gasteiger partial charge in [0.25, 0.3) is 0 Å². The van der Waals surface area contributed by atoms with Gasteiger partial charge < -0.3 is 35.8 Å². The Morgan fingerprint density at radius 2 is 2.14 bits per heavy atom. The molecule has 7 N–H and O–H groups in total.